The van der Waals surface area contributed by atoms with Gasteiger partial charge in [0.25, 0.3) is 0 Å². The summed E-state index contributed by atoms with van der Waals surface area (Å²) in [4.78, 5) is 42.4. The summed E-state index contributed by atoms with van der Waals surface area (Å²) in [5.74, 6) is -0.0583. The molecule has 6 heteroatoms. The zero-order valence-corrected chi connectivity index (χ0v) is 18.7. The topological polar surface area (TPSA) is 66.9 Å². The molecule has 31 heavy (non-hydrogen) atoms. The van der Waals surface area contributed by atoms with E-state index in [0.717, 1.165) is 32.1 Å². The maximum atomic E-state index is 13.5. The Kier molecular flexibility index (Phi) is 6.63. The molecule has 1 aliphatic carbocycles. The number of aryl methyl sites for hydroxylation is 1. The average molecular weight is 427 g/mol. The molecule has 3 atom stereocenters. The second-order valence-corrected chi connectivity index (χ2v) is 9.44. The second-order valence-electron chi connectivity index (χ2n) is 9.44. The monoisotopic (exact) mass is 426 g/mol. The third-order valence-electron chi connectivity index (χ3n) is 6.90. The van der Waals surface area contributed by atoms with E-state index in [1.54, 1.807) is 0 Å². The minimum atomic E-state index is -0.238. The van der Waals surface area contributed by atoms with E-state index in [1.165, 1.54) is 11.1 Å². The number of ether oxygens (including phenoxy) is 1. The van der Waals surface area contributed by atoms with Crippen LogP contribution in [0.2, 0.25) is 0 Å². The van der Waals surface area contributed by atoms with Crippen molar-refractivity contribution in [2.45, 2.75) is 51.9 Å². The molecule has 4 rings (SSSR count). The Labute approximate surface area is 184 Å². The highest BCUT2D eigenvalue weighted by Gasteiger charge is 2.41. The molecule has 6 nitrogen and oxygen atoms in total. The van der Waals surface area contributed by atoms with Gasteiger partial charge in [0.15, 0.2) is 0 Å². The van der Waals surface area contributed by atoms with Crippen LogP contribution in [0, 0.1) is 24.7 Å². The fraction of sp³-hybridized carbons (Fsp3) is 0.640. The molecule has 0 N–H and O–H groups in total. The molecule has 0 aromatic heterocycles. The summed E-state index contributed by atoms with van der Waals surface area (Å²) in [6, 6.07) is 8.42. The molecule has 2 saturated heterocycles. The number of nitrogens with zero attached hydrogens (tertiary/aromatic N) is 2. The van der Waals surface area contributed by atoms with Crippen LogP contribution >= 0.6 is 0 Å². The summed E-state index contributed by atoms with van der Waals surface area (Å²) >= 11 is 0. The van der Waals surface area contributed by atoms with Gasteiger partial charge in [-0.3, -0.25) is 14.4 Å². The average Bonchev–Trinajstić information content (AvgIpc) is 3.63. The zero-order chi connectivity index (χ0) is 22.0. The first kappa shape index (κ1) is 21.8. The van der Waals surface area contributed by atoms with Gasteiger partial charge in [-0.1, -0.05) is 29.8 Å². The Balaban J connectivity index is 1.50. The summed E-state index contributed by atoms with van der Waals surface area (Å²) < 4.78 is 5.19. The van der Waals surface area contributed by atoms with Crippen molar-refractivity contribution in [3.05, 3.63) is 35.4 Å². The van der Waals surface area contributed by atoms with Crippen molar-refractivity contribution in [2.75, 3.05) is 32.8 Å². The van der Waals surface area contributed by atoms with Gasteiger partial charge < -0.3 is 14.5 Å². The van der Waals surface area contributed by atoms with Crippen LogP contribution in [0.25, 0.3) is 0 Å². The van der Waals surface area contributed by atoms with Crippen molar-refractivity contribution in [2.24, 2.45) is 17.8 Å². The zero-order valence-electron chi connectivity index (χ0n) is 18.7. The van der Waals surface area contributed by atoms with E-state index >= 15 is 0 Å². The van der Waals surface area contributed by atoms with E-state index in [9.17, 15) is 14.4 Å². The number of hydrogen-bond donors (Lipinski definition) is 0. The van der Waals surface area contributed by atoms with E-state index in [1.807, 2.05) is 16.7 Å². The molecule has 2 aliphatic heterocycles. The molecule has 168 valence electrons. The molecule has 0 spiro atoms. The number of esters is 1. The van der Waals surface area contributed by atoms with Crippen molar-refractivity contribution >= 4 is 17.8 Å². The van der Waals surface area contributed by atoms with Gasteiger partial charge in [-0.2, -0.15) is 0 Å². The molecule has 2 heterocycles. The summed E-state index contributed by atoms with van der Waals surface area (Å²) in [5.41, 5.74) is 2.40. The molecule has 2 amide bonds. The van der Waals surface area contributed by atoms with Crippen molar-refractivity contribution in [1.29, 1.82) is 0 Å². The predicted octanol–water partition coefficient (Wildman–Crippen LogP) is 3.14. The third-order valence-corrected chi connectivity index (χ3v) is 6.90. The largest absolute Gasteiger partial charge is 0.466 e. The van der Waals surface area contributed by atoms with E-state index < -0.39 is 0 Å². The van der Waals surface area contributed by atoms with Gasteiger partial charge in [-0.05, 0) is 51.5 Å². The maximum absolute atomic E-state index is 13.5. The lowest BCUT2D eigenvalue weighted by Crippen LogP contribution is -2.51. The van der Waals surface area contributed by atoms with Crippen LogP contribution in [0.3, 0.4) is 0 Å². The van der Waals surface area contributed by atoms with Crippen LogP contribution in [0.4, 0.5) is 0 Å². The molecule has 3 aliphatic rings. The van der Waals surface area contributed by atoms with E-state index in [-0.39, 0.29) is 41.5 Å². The van der Waals surface area contributed by atoms with Crippen molar-refractivity contribution in [3.8, 4) is 0 Å². The molecule has 3 unspecified atom stereocenters. The van der Waals surface area contributed by atoms with Crippen molar-refractivity contribution in [1.82, 2.24) is 9.80 Å². The number of amides is 2. The number of carbonyl (C=O) groups is 3. The maximum Gasteiger partial charge on any atom is 0.310 e. The highest BCUT2D eigenvalue weighted by molar-refractivity contribution is 5.84. The summed E-state index contributed by atoms with van der Waals surface area (Å²) in [7, 11) is 0. The van der Waals surface area contributed by atoms with Gasteiger partial charge in [0, 0.05) is 38.0 Å². The van der Waals surface area contributed by atoms with Crippen LogP contribution in [-0.4, -0.2) is 60.4 Å². The smallest absolute Gasteiger partial charge is 0.310 e. The first-order chi connectivity index (χ1) is 15.0. The Morgan fingerprint density at radius 2 is 1.71 bits per heavy atom. The number of piperidine rings is 2. The Morgan fingerprint density at radius 3 is 2.42 bits per heavy atom. The van der Waals surface area contributed by atoms with Crippen LogP contribution in [0.5, 0.6) is 0 Å². The molecule has 0 radical (unpaired) electrons. The van der Waals surface area contributed by atoms with Crippen LogP contribution in [0.1, 0.15) is 56.1 Å². The van der Waals surface area contributed by atoms with Gasteiger partial charge in [0.2, 0.25) is 11.8 Å². The number of rotatable bonds is 5. The van der Waals surface area contributed by atoms with Crippen molar-refractivity contribution in [3.63, 3.8) is 0 Å². The van der Waals surface area contributed by atoms with E-state index in [0.29, 0.717) is 32.8 Å². The fourth-order valence-corrected chi connectivity index (χ4v) is 5.10. The highest BCUT2D eigenvalue weighted by Crippen LogP contribution is 2.37. The molecular formula is C25H34N2O4. The van der Waals surface area contributed by atoms with Crippen LogP contribution in [-0.2, 0) is 19.1 Å². The predicted molar refractivity (Wildman–Crippen MR) is 117 cm³/mol. The van der Waals surface area contributed by atoms with Gasteiger partial charge in [-0.15, -0.1) is 0 Å². The number of hydrogen-bond acceptors (Lipinski definition) is 4. The molecule has 3 fully saturated rings. The molecule has 1 saturated carbocycles. The summed E-state index contributed by atoms with van der Waals surface area (Å²) in [5, 5.41) is 0. The Hall–Kier alpha value is -2.37. The van der Waals surface area contributed by atoms with Gasteiger partial charge in [0.05, 0.1) is 18.4 Å². The Bertz CT molecular complexity index is 835. The fourth-order valence-electron chi connectivity index (χ4n) is 5.10. The second kappa shape index (κ2) is 9.41. The molecular weight excluding hydrogens is 392 g/mol. The van der Waals surface area contributed by atoms with Crippen LogP contribution < -0.4 is 0 Å². The lowest BCUT2D eigenvalue weighted by atomic mass is 9.82. The lowest BCUT2D eigenvalue weighted by Gasteiger charge is -2.41. The number of likely N-dealkylation sites (tertiary alicyclic amines) is 2. The Morgan fingerprint density at radius 1 is 0.968 bits per heavy atom. The summed E-state index contributed by atoms with van der Waals surface area (Å²) in [6.45, 7) is 6.54. The lowest BCUT2D eigenvalue weighted by molar-refractivity contribution is -0.152. The molecule has 1 aromatic rings. The summed E-state index contributed by atoms with van der Waals surface area (Å²) in [6.07, 6.45) is 4.27. The number of carbonyl (C=O) groups excluding carboxylic acids is 3. The normalized spacial score (nSPS) is 26.5. The van der Waals surface area contributed by atoms with E-state index in [2.05, 4.69) is 31.2 Å². The molecule has 1 aromatic carbocycles. The SMILES string of the molecule is CCOC(=O)C1CCCN(C(=O)C2CC(c3cccc(C)c3)CN(C(=O)C3CC3)C2)C1. The van der Waals surface area contributed by atoms with Gasteiger partial charge >= 0.3 is 5.97 Å². The standard InChI is InChI=1S/C25H34N2O4/c1-3-31-25(30)20-8-5-11-26(14-20)24(29)22-13-21(19-7-4-6-17(2)12-19)15-27(16-22)23(28)18-9-10-18/h4,6-7,12,18,20-22H,3,5,8-11,13-16H2,1-2H3. The number of benzene rings is 1. The third kappa shape index (κ3) is 5.10. The van der Waals surface area contributed by atoms with Crippen molar-refractivity contribution < 1.29 is 19.1 Å². The highest BCUT2D eigenvalue weighted by atomic mass is 16.5. The van der Waals surface area contributed by atoms with Gasteiger partial charge in [0.1, 0.15) is 0 Å². The minimum absolute atomic E-state index is 0.0833. The first-order valence-corrected chi connectivity index (χ1v) is 11.8. The first-order valence-electron chi connectivity index (χ1n) is 11.8. The van der Waals surface area contributed by atoms with Crippen LogP contribution in [0.15, 0.2) is 24.3 Å². The quantitative estimate of drug-likeness (QED) is 0.679. The van der Waals surface area contributed by atoms with Gasteiger partial charge in [-0.25, -0.2) is 0 Å². The minimum Gasteiger partial charge on any atom is -0.466 e. The van der Waals surface area contributed by atoms with E-state index in [4.69, 9.17) is 4.74 Å². The molecule has 0 bridgehead atoms.